The zero-order valence-corrected chi connectivity index (χ0v) is 15.2. The highest BCUT2D eigenvalue weighted by atomic mass is 35.5. The molecule has 0 spiro atoms. The first kappa shape index (κ1) is 17.8. The van der Waals surface area contributed by atoms with Crippen LogP contribution in [0.2, 0.25) is 5.02 Å². The molecular weight excluding hydrogens is 399 g/mol. The number of anilines is 1. The van der Waals surface area contributed by atoms with Crippen molar-refractivity contribution in [3.63, 3.8) is 0 Å². The third-order valence-electron chi connectivity index (χ3n) is 5.00. The second-order valence-electron chi connectivity index (χ2n) is 6.82. The number of aromatic nitrogens is 3. The van der Waals surface area contributed by atoms with E-state index in [1.165, 1.54) is 16.9 Å². The van der Waals surface area contributed by atoms with Gasteiger partial charge in [-0.1, -0.05) is 11.6 Å². The number of hydrogen-bond donors (Lipinski definition) is 1. The number of ether oxygens (including phenoxy) is 1. The van der Waals surface area contributed by atoms with Crippen molar-refractivity contribution in [1.29, 1.82) is 0 Å². The van der Waals surface area contributed by atoms with Gasteiger partial charge >= 0.3 is 6.18 Å². The number of nitrogens with one attached hydrogen (secondary N) is 1. The zero-order chi connectivity index (χ0) is 19.5. The molecule has 148 valence electrons. The fourth-order valence-electron chi connectivity index (χ4n) is 3.70. The molecule has 6 rings (SSSR count). The lowest BCUT2D eigenvalue weighted by atomic mass is 10.1. The molecule has 3 aliphatic heterocycles. The van der Waals surface area contributed by atoms with Gasteiger partial charge in [0.15, 0.2) is 5.58 Å². The van der Waals surface area contributed by atoms with Crippen molar-refractivity contribution in [3.05, 3.63) is 35.1 Å². The normalized spacial score (nSPS) is 22.8. The molecular formula is C17H15ClF3N5O2. The second kappa shape index (κ2) is 6.36. The standard InChI is InChI=1S/C17H15ClF3N5O2/c18-11-4-12(26-3-1-2-23-26)15-14(13(11)17(19,20)21)24-16(28-15)25-6-9-7-27-8-10(25)5-22-9/h1-4,9-10,22H,5-8H2. The van der Waals surface area contributed by atoms with Crippen LogP contribution in [0.5, 0.6) is 0 Å². The first-order valence-corrected chi connectivity index (χ1v) is 9.07. The van der Waals surface area contributed by atoms with Crippen LogP contribution in [0, 0.1) is 0 Å². The summed E-state index contributed by atoms with van der Waals surface area (Å²) in [6, 6.07) is 2.97. The van der Waals surface area contributed by atoms with Crippen LogP contribution in [-0.2, 0) is 10.9 Å². The summed E-state index contributed by atoms with van der Waals surface area (Å²) in [5.74, 6) is 0. The first-order valence-electron chi connectivity index (χ1n) is 8.70. The molecule has 1 aromatic carbocycles. The van der Waals surface area contributed by atoms with Crippen LogP contribution in [0.4, 0.5) is 19.2 Å². The number of halogens is 4. The van der Waals surface area contributed by atoms with E-state index in [9.17, 15) is 13.2 Å². The quantitative estimate of drug-likeness (QED) is 0.697. The minimum Gasteiger partial charge on any atom is -0.421 e. The van der Waals surface area contributed by atoms with Gasteiger partial charge in [-0.05, 0) is 12.1 Å². The van der Waals surface area contributed by atoms with E-state index < -0.39 is 16.8 Å². The smallest absolute Gasteiger partial charge is 0.420 e. The zero-order valence-electron chi connectivity index (χ0n) is 14.4. The van der Waals surface area contributed by atoms with Gasteiger partial charge in [0.05, 0.1) is 24.3 Å². The van der Waals surface area contributed by atoms with Gasteiger partial charge in [0.2, 0.25) is 0 Å². The molecule has 28 heavy (non-hydrogen) atoms. The fourth-order valence-corrected chi connectivity index (χ4v) is 4.00. The van der Waals surface area contributed by atoms with E-state index >= 15 is 0 Å². The summed E-state index contributed by atoms with van der Waals surface area (Å²) in [6.45, 7) is 2.15. The Kier molecular flexibility index (Phi) is 4.04. The van der Waals surface area contributed by atoms with Crippen molar-refractivity contribution in [2.45, 2.75) is 18.3 Å². The van der Waals surface area contributed by atoms with Crippen LogP contribution in [0.15, 0.2) is 28.9 Å². The van der Waals surface area contributed by atoms with Crippen LogP contribution in [0.3, 0.4) is 0 Å². The SMILES string of the molecule is FC(F)(F)c1c(Cl)cc(-n2cccn2)c2oc(N3CC4COCC3CN4)nc12. The molecule has 3 saturated heterocycles. The van der Waals surface area contributed by atoms with E-state index in [2.05, 4.69) is 15.4 Å². The largest absolute Gasteiger partial charge is 0.421 e. The van der Waals surface area contributed by atoms with Gasteiger partial charge in [-0.15, -0.1) is 0 Å². The van der Waals surface area contributed by atoms with Crippen LogP contribution in [0.25, 0.3) is 16.8 Å². The lowest BCUT2D eigenvalue weighted by molar-refractivity contribution is -0.136. The molecule has 1 N–H and O–H groups in total. The molecule has 11 heteroatoms. The number of hydrogen-bond acceptors (Lipinski definition) is 6. The van der Waals surface area contributed by atoms with E-state index in [0.29, 0.717) is 32.0 Å². The molecule has 2 atom stereocenters. The summed E-state index contributed by atoms with van der Waals surface area (Å²) in [7, 11) is 0. The monoisotopic (exact) mass is 413 g/mol. The maximum absolute atomic E-state index is 13.7. The molecule has 2 aromatic heterocycles. The van der Waals surface area contributed by atoms with Gasteiger partial charge in [-0.2, -0.15) is 23.3 Å². The minimum absolute atomic E-state index is 0.00979. The summed E-state index contributed by atoms with van der Waals surface area (Å²) in [4.78, 5) is 6.08. The summed E-state index contributed by atoms with van der Waals surface area (Å²) in [5.41, 5.74) is -1.05. The van der Waals surface area contributed by atoms with Crippen molar-refractivity contribution < 1.29 is 22.3 Å². The summed E-state index contributed by atoms with van der Waals surface area (Å²) >= 11 is 6.01. The highest BCUT2D eigenvalue weighted by Crippen LogP contribution is 2.43. The average Bonchev–Trinajstić information content (AvgIpc) is 3.21. The Morgan fingerprint density at radius 1 is 1.29 bits per heavy atom. The van der Waals surface area contributed by atoms with Gasteiger partial charge in [0, 0.05) is 31.5 Å². The molecule has 0 amide bonds. The number of benzene rings is 1. The van der Waals surface area contributed by atoms with E-state index in [4.69, 9.17) is 20.8 Å². The van der Waals surface area contributed by atoms with E-state index in [1.54, 1.807) is 12.3 Å². The number of oxazole rings is 1. The molecule has 0 radical (unpaired) electrons. The highest BCUT2D eigenvalue weighted by molar-refractivity contribution is 6.32. The Hall–Kier alpha value is -2.30. The van der Waals surface area contributed by atoms with Crippen molar-refractivity contribution in [3.8, 4) is 5.69 Å². The third-order valence-corrected chi connectivity index (χ3v) is 5.30. The Morgan fingerprint density at radius 2 is 2.14 bits per heavy atom. The van der Waals surface area contributed by atoms with Crippen molar-refractivity contribution in [2.24, 2.45) is 0 Å². The molecule has 2 bridgehead atoms. The minimum atomic E-state index is -4.67. The molecule has 5 heterocycles. The average molecular weight is 414 g/mol. The molecule has 3 aromatic rings. The van der Waals surface area contributed by atoms with Crippen LogP contribution < -0.4 is 10.2 Å². The Bertz CT molecular complexity index is 1020. The summed E-state index contributed by atoms with van der Waals surface area (Å²) in [6.07, 6.45) is -1.55. The topological polar surface area (TPSA) is 68.4 Å². The Morgan fingerprint density at radius 3 is 2.89 bits per heavy atom. The summed E-state index contributed by atoms with van der Waals surface area (Å²) in [5, 5.41) is 6.98. The Labute approximate surface area is 162 Å². The maximum atomic E-state index is 13.7. The lowest BCUT2D eigenvalue weighted by Crippen LogP contribution is -2.56. The molecule has 7 nitrogen and oxygen atoms in total. The van der Waals surface area contributed by atoms with Gasteiger partial charge in [0.1, 0.15) is 16.8 Å². The number of fused-ring (bicyclic) bond motifs is 5. The van der Waals surface area contributed by atoms with Crippen molar-refractivity contribution in [2.75, 3.05) is 31.2 Å². The predicted octanol–water partition coefficient (Wildman–Crippen LogP) is 2.86. The number of alkyl halides is 3. The molecule has 0 aliphatic carbocycles. The highest BCUT2D eigenvalue weighted by Gasteiger charge is 2.40. The molecule has 2 unspecified atom stereocenters. The van der Waals surface area contributed by atoms with Gasteiger partial charge in [0.25, 0.3) is 6.01 Å². The third kappa shape index (κ3) is 2.83. The van der Waals surface area contributed by atoms with E-state index in [0.717, 1.165) is 0 Å². The van der Waals surface area contributed by atoms with E-state index in [-0.39, 0.29) is 29.2 Å². The fraction of sp³-hybridized carbons (Fsp3) is 0.412. The molecule has 3 fully saturated rings. The van der Waals surface area contributed by atoms with E-state index in [1.807, 2.05) is 4.90 Å². The lowest BCUT2D eigenvalue weighted by Gasteiger charge is -2.34. The van der Waals surface area contributed by atoms with Gasteiger partial charge in [-0.25, -0.2) is 4.68 Å². The molecule has 3 aliphatic rings. The van der Waals surface area contributed by atoms with Crippen LogP contribution in [0.1, 0.15) is 5.56 Å². The van der Waals surface area contributed by atoms with Gasteiger partial charge in [-0.3, -0.25) is 0 Å². The summed E-state index contributed by atoms with van der Waals surface area (Å²) < 4.78 is 53.9. The predicted molar refractivity (Wildman–Crippen MR) is 94.9 cm³/mol. The Balaban J connectivity index is 1.72. The van der Waals surface area contributed by atoms with Crippen molar-refractivity contribution >= 4 is 28.7 Å². The molecule has 0 saturated carbocycles. The second-order valence-corrected chi connectivity index (χ2v) is 7.23. The first-order chi connectivity index (χ1) is 13.4. The van der Waals surface area contributed by atoms with Crippen molar-refractivity contribution in [1.82, 2.24) is 20.1 Å². The van der Waals surface area contributed by atoms with Crippen LogP contribution >= 0.6 is 11.6 Å². The maximum Gasteiger partial charge on any atom is 0.420 e. The number of rotatable bonds is 2. The number of piperazine rings is 1. The van der Waals surface area contributed by atoms with Crippen LogP contribution in [-0.4, -0.2) is 53.2 Å². The van der Waals surface area contributed by atoms with Gasteiger partial charge < -0.3 is 19.4 Å². The number of nitrogens with zero attached hydrogens (tertiary/aromatic N) is 4.